The molecule has 0 aliphatic carbocycles. The number of carbonyl (C=O) groups excluding carboxylic acids is 1. The van der Waals surface area contributed by atoms with Crippen LogP contribution < -0.4 is 10.5 Å². The number of hydrogen-bond acceptors (Lipinski definition) is 6. The first-order valence-electron chi connectivity index (χ1n) is 10.2. The van der Waals surface area contributed by atoms with Crippen LogP contribution in [0.1, 0.15) is 63.3 Å². The van der Waals surface area contributed by atoms with Crippen LogP contribution in [0.5, 0.6) is 0 Å². The van der Waals surface area contributed by atoms with E-state index in [9.17, 15) is 9.59 Å². The van der Waals surface area contributed by atoms with E-state index in [1.54, 1.807) is 0 Å². The summed E-state index contributed by atoms with van der Waals surface area (Å²) in [7, 11) is 0. The van der Waals surface area contributed by atoms with Gasteiger partial charge in [-0.15, -0.1) is 0 Å². The van der Waals surface area contributed by atoms with Crippen molar-refractivity contribution in [3.63, 3.8) is 0 Å². The first kappa shape index (κ1) is 21.0. The predicted octanol–water partition coefficient (Wildman–Crippen LogP) is 2.38. The van der Waals surface area contributed by atoms with E-state index < -0.39 is 0 Å². The summed E-state index contributed by atoms with van der Waals surface area (Å²) in [5, 5.41) is 6.27. The van der Waals surface area contributed by atoms with Crippen molar-refractivity contribution in [2.45, 2.75) is 58.4 Å². The molecule has 29 heavy (non-hydrogen) atoms. The van der Waals surface area contributed by atoms with Crippen molar-refractivity contribution in [1.82, 2.24) is 25.1 Å². The predicted molar refractivity (Wildman–Crippen MR) is 112 cm³/mol. The summed E-state index contributed by atoms with van der Waals surface area (Å²) < 4.78 is 0. The molecule has 1 aliphatic rings. The van der Waals surface area contributed by atoms with Crippen LogP contribution in [0.15, 0.2) is 29.2 Å². The van der Waals surface area contributed by atoms with Gasteiger partial charge in [-0.05, 0) is 31.4 Å². The number of nitrogens with one attached hydrogen (secondary N) is 1. The second-order valence-corrected chi connectivity index (χ2v) is 8.51. The summed E-state index contributed by atoms with van der Waals surface area (Å²) in [5.74, 6) is 1.65. The average molecular weight is 399 g/mol. The van der Waals surface area contributed by atoms with Gasteiger partial charge in [-0.1, -0.05) is 27.7 Å². The van der Waals surface area contributed by atoms with Gasteiger partial charge in [0.25, 0.3) is 11.5 Å². The second kappa shape index (κ2) is 8.71. The highest BCUT2D eigenvalue weighted by molar-refractivity contribution is 5.92. The molecular weight excluding hydrogens is 368 g/mol. The molecule has 2 aromatic heterocycles. The largest absolute Gasteiger partial charge is 0.356 e. The monoisotopic (exact) mass is 398 g/mol. The molecule has 156 valence electrons. The first-order valence-corrected chi connectivity index (χ1v) is 10.2. The van der Waals surface area contributed by atoms with Crippen LogP contribution in [0, 0.1) is 0 Å². The number of hydrogen-bond donors (Lipinski definition) is 1. The van der Waals surface area contributed by atoms with E-state index in [2.05, 4.69) is 47.8 Å². The zero-order valence-electron chi connectivity index (χ0n) is 17.7. The van der Waals surface area contributed by atoms with E-state index in [-0.39, 0.29) is 28.6 Å². The molecule has 0 bridgehead atoms. The third-order valence-electron chi connectivity index (χ3n) is 5.16. The molecule has 1 aliphatic heterocycles. The lowest BCUT2D eigenvalue weighted by atomic mass is 9.96. The number of carbonyl (C=O) groups is 1. The topological polar surface area (TPSA) is 95.1 Å². The number of nitrogens with zero attached hydrogens (tertiary/aromatic N) is 5. The molecule has 0 aromatic carbocycles. The molecule has 1 saturated heterocycles. The maximum Gasteiger partial charge on any atom is 0.274 e. The van der Waals surface area contributed by atoms with E-state index in [0.29, 0.717) is 6.54 Å². The molecule has 1 N–H and O–H groups in total. The van der Waals surface area contributed by atoms with Crippen LogP contribution in [0.2, 0.25) is 0 Å². The van der Waals surface area contributed by atoms with Gasteiger partial charge in [0, 0.05) is 43.4 Å². The van der Waals surface area contributed by atoms with E-state index in [0.717, 1.165) is 44.0 Å². The molecule has 0 saturated carbocycles. The lowest BCUT2D eigenvalue weighted by Gasteiger charge is -2.39. The van der Waals surface area contributed by atoms with E-state index >= 15 is 0 Å². The van der Waals surface area contributed by atoms with Gasteiger partial charge in [-0.3, -0.25) is 9.59 Å². The van der Waals surface area contributed by atoms with Gasteiger partial charge in [-0.2, -0.15) is 5.10 Å². The zero-order chi connectivity index (χ0) is 21.0. The maximum absolute atomic E-state index is 13.0. The third-order valence-corrected chi connectivity index (χ3v) is 5.16. The fraction of sp³-hybridized carbons (Fsp3) is 0.571. The summed E-state index contributed by atoms with van der Waals surface area (Å²) in [6, 6.07) is 4.94. The summed E-state index contributed by atoms with van der Waals surface area (Å²) in [5.41, 5.74) is -0.120. The van der Waals surface area contributed by atoms with Crippen LogP contribution in [0.4, 0.5) is 5.82 Å². The zero-order valence-corrected chi connectivity index (χ0v) is 17.7. The summed E-state index contributed by atoms with van der Waals surface area (Å²) in [6.07, 6.45) is 4.42. The van der Waals surface area contributed by atoms with E-state index in [1.807, 2.05) is 17.2 Å². The number of aromatic amines is 1. The van der Waals surface area contributed by atoms with Crippen LogP contribution in [0.3, 0.4) is 0 Å². The Kier molecular flexibility index (Phi) is 6.30. The van der Waals surface area contributed by atoms with Gasteiger partial charge in [-0.25, -0.2) is 15.1 Å². The Morgan fingerprint density at radius 1 is 1.24 bits per heavy atom. The Hall–Kier alpha value is -2.77. The van der Waals surface area contributed by atoms with Crippen molar-refractivity contribution in [3.05, 3.63) is 46.3 Å². The summed E-state index contributed by atoms with van der Waals surface area (Å²) in [4.78, 5) is 37.5. The molecule has 0 atom stereocenters. The third kappa shape index (κ3) is 4.99. The van der Waals surface area contributed by atoms with Crippen molar-refractivity contribution >= 4 is 11.7 Å². The Morgan fingerprint density at radius 2 is 1.97 bits per heavy atom. The number of aromatic nitrogens is 4. The van der Waals surface area contributed by atoms with Crippen LogP contribution in [0.25, 0.3) is 0 Å². The molecule has 3 rings (SSSR count). The van der Waals surface area contributed by atoms with Crippen molar-refractivity contribution in [3.8, 4) is 0 Å². The number of anilines is 1. The van der Waals surface area contributed by atoms with Gasteiger partial charge < -0.3 is 9.80 Å². The van der Waals surface area contributed by atoms with Crippen molar-refractivity contribution < 1.29 is 4.79 Å². The second-order valence-electron chi connectivity index (χ2n) is 8.51. The quantitative estimate of drug-likeness (QED) is 0.831. The Balaban J connectivity index is 1.70. The minimum absolute atomic E-state index is 0.0949. The number of piperidine rings is 1. The van der Waals surface area contributed by atoms with Crippen molar-refractivity contribution in [1.29, 1.82) is 0 Å². The lowest BCUT2D eigenvalue weighted by Crippen LogP contribution is -2.48. The van der Waals surface area contributed by atoms with Gasteiger partial charge in [0.2, 0.25) is 0 Å². The first-order chi connectivity index (χ1) is 13.8. The highest BCUT2D eigenvalue weighted by atomic mass is 16.2. The fourth-order valence-electron chi connectivity index (χ4n) is 3.59. The fourth-order valence-corrected chi connectivity index (χ4v) is 3.59. The van der Waals surface area contributed by atoms with Gasteiger partial charge >= 0.3 is 0 Å². The molecular formula is C21H30N6O2. The van der Waals surface area contributed by atoms with Crippen molar-refractivity contribution in [2.24, 2.45) is 0 Å². The van der Waals surface area contributed by atoms with Crippen LogP contribution >= 0.6 is 0 Å². The van der Waals surface area contributed by atoms with Crippen LogP contribution in [-0.4, -0.2) is 56.6 Å². The molecule has 2 aromatic rings. The molecule has 0 spiro atoms. The summed E-state index contributed by atoms with van der Waals surface area (Å²) >= 11 is 0. The number of rotatable bonds is 5. The van der Waals surface area contributed by atoms with Gasteiger partial charge in [0.15, 0.2) is 0 Å². The average Bonchev–Trinajstić information content (AvgIpc) is 2.72. The highest BCUT2D eigenvalue weighted by Gasteiger charge is 2.29. The van der Waals surface area contributed by atoms with Crippen molar-refractivity contribution in [2.75, 3.05) is 24.5 Å². The molecule has 8 heteroatoms. The van der Waals surface area contributed by atoms with Crippen LogP contribution in [-0.2, 0) is 5.41 Å². The molecule has 3 heterocycles. The maximum atomic E-state index is 13.0. The molecule has 8 nitrogen and oxygen atoms in total. The van der Waals surface area contributed by atoms with Gasteiger partial charge in [0.05, 0.1) is 0 Å². The molecule has 0 radical (unpaired) electrons. The number of amides is 1. The minimum atomic E-state index is -0.309. The SMILES string of the molecule is CCCN(C(=O)c1ccc(=O)[nH]n1)C1CCN(c2ccnc(C(C)(C)C)n2)CC1. The molecule has 0 unspecified atom stereocenters. The van der Waals surface area contributed by atoms with E-state index in [1.165, 1.54) is 12.1 Å². The van der Waals surface area contributed by atoms with Gasteiger partial charge in [0.1, 0.15) is 17.3 Å². The Labute approximate surface area is 171 Å². The smallest absolute Gasteiger partial charge is 0.274 e. The lowest BCUT2D eigenvalue weighted by molar-refractivity contribution is 0.0642. The number of H-pyrrole nitrogens is 1. The minimum Gasteiger partial charge on any atom is -0.356 e. The Bertz CT molecular complexity index is 876. The molecule has 1 amide bonds. The standard InChI is InChI=1S/C21H30N6O2/c1-5-12-27(19(29)16-6-7-18(28)25-24-16)15-9-13-26(14-10-15)17-8-11-22-20(23-17)21(2,3)4/h6-8,11,15H,5,9-10,12-14H2,1-4H3,(H,25,28). The normalized spacial score (nSPS) is 15.4. The summed E-state index contributed by atoms with van der Waals surface area (Å²) in [6.45, 7) is 10.7. The van der Waals surface area contributed by atoms with E-state index in [4.69, 9.17) is 4.98 Å². The highest BCUT2D eigenvalue weighted by Crippen LogP contribution is 2.25. The Morgan fingerprint density at radius 3 is 2.55 bits per heavy atom. The molecule has 1 fully saturated rings.